The van der Waals surface area contributed by atoms with E-state index in [-0.39, 0.29) is 11.2 Å². The number of rotatable bonds is 0. The van der Waals surface area contributed by atoms with Crippen molar-refractivity contribution >= 4 is 10.8 Å². The highest BCUT2D eigenvalue weighted by molar-refractivity contribution is 5.83. The molecule has 2 rings (SSSR count). The molecule has 0 amide bonds. The van der Waals surface area contributed by atoms with Crippen molar-refractivity contribution in [3.05, 3.63) is 47.8 Å². The van der Waals surface area contributed by atoms with E-state index in [9.17, 15) is 4.39 Å². The Kier molecular flexibility index (Phi) is 2.26. The fourth-order valence-corrected chi connectivity index (χ4v) is 1.70. The minimum atomic E-state index is -0.127. The topological polar surface area (TPSA) is 0 Å². The van der Waals surface area contributed by atoms with E-state index >= 15 is 0 Å². The van der Waals surface area contributed by atoms with Crippen molar-refractivity contribution in [3.8, 4) is 0 Å². The number of hydrogen-bond acceptors (Lipinski definition) is 0. The highest BCUT2D eigenvalue weighted by Crippen LogP contribution is 2.27. The van der Waals surface area contributed by atoms with Crippen molar-refractivity contribution in [3.63, 3.8) is 0 Å². The van der Waals surface area contributed by atoms with Crippen LogP contribution in [0.1, 0.15) is 26.3 Å². The Labute approximate surface area is 89.7 Å². The summed E-state index contributed by atoms with van der Waals surface area (Å²) in [6.07, 6.45) is 0. The van der Waals surface area contributed by atoms with Crippen molar-refractivity contribution in [2.24, 2.45) is 0 Å². The van der Waals surface area contributed by atoms with Crippen LogP contribution in [0.5, 0.6) is 0 Å². The Hall–Kier alpha value is -1.37. The van der Waals surface area contributed by atoms with Crippen LogP contribution < -0.4 is 0 Å². The molecule has 0 heterocycles. The Morgan fingerprint density at radius 2 is 1.67 bits per heavy atom. The van der Waals surface area contributed by atoms with Gasteiger partial charge in [-0.25, -0.2) is 4.39 Å². The molecule has 0 aliphatic rings. The Bertz CT molecular complexity index is 492. The number of halogens is 1. The van der Waals surface area contributed by atoms with Crippen LogP contribution in [0.2, 0.25) is 0 Å². The van der Waals surface area contributed by atoms with Gasteiger partial charge >= 0.3 is 0 Å². The molecule has 0 unspecified atom stereocenters. The normalized spacial score (nSPS) is 12.0. The van der Waals surface area contributed by atoms with Crippen molar-refractivity contribution < 1.29 is 4.39 Å². The van der Waals surface area contributed by atoms with Crippen LogP contribution in [0.15, 0.2) is 36.4 Å². The van der Waals surface area contributed by atoms with Crippen LogP contribution in [-0.2, 0) is 5.41 Å². The molecule has 0 saturated carbocycles. The van der Waals surface area contributed by atoms with E-state index in [0.29, 0.717) is 5.39 Å². The number of hydrogen-bond donors (Lipinski definition) is 0. The fraction of sp³-hybridized carbons (Fsp3) is 0.286. The van der Waals surface area contributed by atoms with Gasteiger partial charge in [-0.15, -0.1) is 0 Å². The number of fused-ring (bicyclic) bond motifs is 1. The van der Waals surface area contributed by atoms with Crippen molar-refractivity contribution in [2.75, 3.05) is 0 Å². The van der Waals surface area contributed by atoms with E-state index in [1.165, 1.54) is 0 Å². The van der Waals surface area contributed by atoms with Crippen LogP contribution in [0.3, 0.4) is 0 Å². The van der Waals surface area contributed by atoms with Gasteiger partial charge in [0.2, 0.25) is 0 Å². The van der Waals surface area contributed by atoms with E-state index < -0.39 is 0 Å². The average molecular weight is 202 g/mol. The zero-order valence-corrected chi connectivity index (χ0v) is 9.34. The largest absolute Gasteiger partial charge is 0.206 e. The maximum Gasteiger partial charge on any atom is 0.131 e. The molecule has 1 heteroatoms. The molecule has 15 heavy (non-hydrogen) atoms. The van der Waals surface area contributed by atoms with Gasteiger partial charge < -0.3 is 0 Å². The summed E-state index contributed by atoms with van der Waals surface area (Å²) in [5, 5.41) is 1.67. The second kappa shape index (κ2) is 3.34. The van der Waals surface area contributed by atoms with Gasteiger partial charge in [0.05, 0.1) is 0 Å². The van der Waals surface area contributed by atoms with Gasteiger partial charge in [-0.3, -0.25) is 0 Å². The second-order valence-electron chi connectivity index (χ2n) is 4.93. The highest BCUT2D eigenvalue weighted by atomic mass is 19.1. The zero-order valence-electron chi connectivity index (χ0n) is 9.34. The SMILES string of the molecule is CC(C)(C)c1cc(F)c2ccccc2c1. The van der Waals surface area contributed by atoms with Gasteiger partial charge in [0.15, 0.2) is 0 Å². The molecule has 0 saturated heterocycles. The van der Waals surface area contributed by atoms with Crippen LogP contribution >= 0.6 is 0 Å². The summed E-state index contributed by atoms with van der Waals surface area (Å²) >= 11 is 0. The van der Waals surface area contributed by atoms with E-state index in [2.05, 4.69) is 26.8 Å². The first kappa shape index (κ1) is 10.2. The molecule has 0 N–H and O–H groups in total. The minimum Gasteiger partial charge on any atom is -0.206 e. The molecule has 0 nitrogen and oxygen atoms in total. The van der Waals surface area contributed by atoms with Crippen molar-refractivity contribution in [1.29, 1.82) is 0 Å². The summed E-state index contributed by atoms with van der Waals surface area (Å²) in [4.78, 5) is 0. The number of benzene rings is 2. The molecule has 0 aromatic heterocycles. The lowest BCUT2D eigenvalue weighted by Crippen LogP contribution is -2.11. The Balaban J connectivity index is 2.73. The molecule has 2 aromatic rings. The van der Waals surface area contributed by atoms with E-state index in [4.69, 9.17) is 0 Å². The van der Waals surface area contributed by atoms with Crippen molar-refractivity contribution in [2.45, 2.75) is 26.2 Å². The van der Waals surface area contributed by atoms with Gasteiger partial charge in [-0.2, -0.15) is 0 Å². The lowest BCUT2D eigenvalue weighted by atomic mass is 9.86. The Morgan fingerprint density at radius 1 is 1.00 bits per heavy atom. The third-order valence-electron chi connectivity index (χ3n) is 2.68. The molecule has 2 aromatic carbocycles. The van der Waals surface area contributed by atoms with Gasteiger partial charge in [0, 0.05) is 5.39 Å². The molecule has 0 fully saturated rings. The average Bonchev–Trinajstić information content (AvgIpc) is 2.16. The predicted octanol–water partition coefficient (Wildman–Crippen LogP) is 4.28. The summed E-state index contributed by atoms with van der Waals surface area (Å²) in [7, 11) is 0. The molecule has 0 aliphatic heterocycles. The summed E-state index contributed by atoms with van der Waals surface area (Å²) < 4.78 is 13.8. The predicted molar refractivity (Wildman–Crippen MR) is 62.6 cm³/mol. The van der Waals surface area contributed by atoms with E-state index in [0.717, 1.165) is 10.9 Å². The molecule has 78 valence electrons. The smallest absolute Gasteiger partial charge is 0.131 e. The summed E-state index contributed by atoms with van der Waals surface area (Å²) in [6.45, 7) is 6.28. The van der Waals surface area contributed by atoms with Crippen molar-refractivity contribution in [1.82, 2.24) is 0 Å². The molecule has 0 bridgehead atoms. The summed E-state index contributed by atoms with van der Waals surface area (Å²) in [6, 6.07) is 11.3. The molecule has 0 radical (unpaired) electrons. The lowest BCUT2D eigenvalue weighted by Gasteiger charge is -2.19. The van der Waals surface area contributed by atoms with Crippen LogP contribution in [0.4, 0.5) is 4.39 Å². The first-order chi connectivity index (χ1) is 6.98. The fourth-order valence-electron chi connectivity index (χ4n) is 1.70. The second-order valence-corrected chi connectivity index (χ2v) is 4.93. The highest BCUT2D eigenvalue weighted by Gasteiger charge is 2.15. The third kappa shape index (κ3) is 1.87. The van der Waals surface area contributed by atoms with Gasteiger partial charge in [0.25, 0.3) is 0 Å². The molecular weight excluding hydrogens is 187 g/mol. The lowest BCUT2D eigenvalue weighted by molar-refractivity contribution is 0.577. The van der Waals surface area contributed by atoms with Crippen LogP contribution in [0.25, 0.3) is 10.8 Å². The summed E-state index contributed by atoms with van der Waals surface area (Å²) in [5.41, 5.74) is 1.03. The maximum absolute atomic E-state index is 13.8. The first-order valence-corrected chi connectivity index (χ1v) is 5.17. The third-order valence-corrected chi connectivity index (χ3v) is 2.68. The minimum absolute atomic E-state index is 0.00906. The monoisotopic (exact) mass is 202 g/mol. The quantitative estimate of drug-likeness (QED) is 0.598. The zero-order chi connectivity index (χ0) is 11.1. The van der Waals surface area contributed by atoms with Crippen LogP contribution in [0, 0.1) is 5.82 Å². The maximum atomic E-state index is 13.8. The van der Waals surface area contributed by atoms with Gasteiger partial charge in [-0.05, 0) is 22.4 Å². The molecule has 0 spiro atoms. The van der Waals surface area contributed by atoms with E-state index in [1.807, 2.05) is 24.3 Å². The molecule has 0 atom stereocenters. The van der Waals surface area contributed by atoms with Gasteiger partial charge in [-0.1, -0.05) is 51.1 Å². The van der Waals surface area contributed by atoms with Gasteiger partial charge in [0.1, 0.15) is 5.82 Å². The van der Waals surface area contributed by atoms with E-state index in [1.54, 1.807) is 6.07 Å². The van der Waals surface area contributed by atoms with Crippen LogP contribution in [-0.4, -0.2) is 0 Å². The Morgan fingerprint density at radius 3 is 2.33 bits per heavy atom. The first-order valence-electron chi connectivity index (χ1n) is 5.17. The molecular formula is C14H15F. The summed E-state index contributed by atoms with van der Waals surface area (Å²) in [5.74, 6) is -0.127. The molecule has 0 aliphatic carbocycles. The standard InChI is InChI=1S/C14H15F/c1-14(2,3)11-8-10-6-4-5-7-12(10)13(15)9-11/h4-9H,1-3H3.